The van der Waals surface area contributed by atoms with Crippen LogP contribution in [0.5, 0.6) is 0 Å². The molecule has 32 heavy (non-hydrogen) atoms. The Morgan fingerprint density at radius 3 is 2.53 bits per heavy atom. The van der Waals surface area contributed by atoms with Gasteiger partial charge in [0.25, 0.3) is 10.0 Å². The third-order valence-electron chi connectivity index (χ3n) is 6.46. The van der Waals surface area contributed by atoms with Crippen molar-refractivity contribution >= 4 is 26.8 Å². The third-order valence-corrected chi connectivity index (χ3v) is 8.14. The van der Waals surface area contributed by atoms with Gasteiger partial charge in [-0.1, -0.05) is 17.7 Å². The maximum Gasteiger partial charge on any atom is 0.269 e. The maximum absolute atomic E-state index is 13.3. The SMILES string of the molecule is Cc1ccc(S(=O)(=O)n2ccc3c2ncc2nnc(C4CC[C@H](n5cccc5)C4)n23)cc1. The second kappa shape index (κ2) is 7.03. The first-order chi connectivity index (χ1) is 15.5. The van der Waals surface area contributed by atoms with Gasteiger partial charge in [0.05, 0.1) is 16.6 Å². The Morgan fingerprint density at radius 1 is 0.969 bits per heavy atom. The lowest BCUT2D eigenvalue weighted by atomic mass is 10.1. The van der Waals surface area contributed by atoms with E-state index in [1.54, 1.807) is 42.7 Å². The summed E-state index contributed by atoms with van der Waals surface area (Å²) < 4.78 is 32.0. The lowest BCUT2D eigenvalue weighted by Gasteiger charge is -2.13. The average molecular weight is 447 g/mol. The minimum atomic E-state index is -3.76. The molecule has 1 aromatic carbocycles. The van der Waals surface area contributed by atoms with Gasteiger partial charge in [-0.3, -0.25) is 4.40 Å². The molecule has 0 saturated heterocycles. The monoisotopic (exact) mass is 446 g/mol. The average Bonchev–Trinajstić information content (AvgIpc) is 3.58. The van der Waals surface area contributed by atoms with Gasteiger partial charge in [0.15, 0.2) is 11.3 Å². The summed E-state index contributed by atoms with van der Waals surface area (Å²) in [5, 5.41) is 8.81. The van der Waals surface area contributed by atoms with Crippen molar-refractivity contribution in [1.29, 1.82) is 0 Å². The number of aryl methyl sites for hydroxylation is 1. The van der Waals surface area contributed by atoms with Gasteiger partial charge in [-0.05, 0) is 56.5 Å². The molecule has 2 atom stereocenters. The van der Waals surface area contributed by atoms with Gasteiger partial charge in [-0.25, -0.2) is 17.4 Å². The molecule has 1 aliphatic rings. The first-order valence-corrected chi connectivity index (χ1v) is 12.1. The van der Waals surface area contributed by atoms with Crippen LogP contribution in [0.2, 0.25) is 0 Å². The molecular formula is C23H22N6O2S. The van der Waals surface area contributed by atoms with Crippen molar-refractivity contribution in [1.82, 2.24) is 28.1 Å². The van der Waals surface area contributed by atoms with Gasteiger partial charge < -0.3 is 4.57 Å². The highest BCUT2D eigenvalue weighted by atomic mass is 32.2. The molecule has 0 aliphatic heterocycles. The highest BCUT2D eigenvalue weighted by Gasteiger charge is 2.31. The Kier molecular flexibility index (Phi) is 4.23. The van der Waals surface area contributed by atoms with Crippen molar-refractivity contribution in [2.24, 2.45) is 0 Å². The van der Waals surface area contributed by atoms with Crippen LogP contribution in [-0.4, -0.2) is 36.5 Å². The van der Waals surface area contributed by atoms with Crippen LogP contribution in [0.4, 0.5) is 0 Å². The number of aromatic nitrogens is 6. The van der Waals surface area contributed by atoms with Crippen LogP contribution in [0.1, 0.15) is 42.6 Å². The number of hydrogen-bond donors (Lipinski definition) is 0. The van der Waals surface area contributed by atoms with Gasteiger partial charge in [-0.15, -0.1) is 10.2 Å². The molecule has 4 heterocycles. The molecule has 6 rings (SSSR count). The van der Waals surface area contributed by atoms with Crippen LogP contribution < -0.4 is 0 Å². The summed E-state index contributed by atoms with van der Waals surface area (Å²) in [6.45, 7) is 1.93. The van der Waals surface area contributed by atoms with E-state index in [0.717, 1.165) is 30.7 Å². The van der Waals surface area contributed by atoms with Crippen LogP contribution in [0.15, 0.2) is 72.1 Å². The lowest BCUT2D eigenvalue weighted by Crippen LogP contribution is -2.13. The van der Waals surface area contributed by atoms with E-state index in [4.69, 9.17) is 0 Å². The molecule has 0 radical (unpaired) electrons. The van der Waals surface area contributed by atoms with Gasteiger partial charge in [-0.2, -0.15) is 0 Å². The maximum atomic E-state index is 13.3. The largest absolute Gasteiger partial charge is 0.351 e. The van der Waals surface area contributed by atoms with E-state index in [1.165, 1.54) is 3.97 Å². The van der Waals surface area contributed by atoms with E-state index in [0.29, 0.717) is 22.9 Å². The van der Waals surface area contributed by atoms with Crippen molar-refractivity contribution in [2.75, 3.05) is 0 Å². The lowest BCUT2D eigenvalue weighted by molar-refractivity contribution is 0.508. The second-order valence-corrected chi connectivity index (χ2v) is 10.3. The van der Waals surface area contributed by atoms with E-state index in [2.05, 4.69) is 32.1 Å². The molecule has 4 aromatic heterocycles. The number of hydrogen-bond acceptors (Lipinski definition) is 5. The molecule has 1 aliphatic carbocycles. The Labute approximate surface area is 185 Å². The van der Waals surface area contributed by atoms with Crippen LogP contribution in [0, 0.1) is 6.92 Å². The number of benzene rings is 1. The summed E-state index contributed by atoms with van der Waals surface area (Å²) in [7, 11) is -3.76. The second-order valence-electron chi connectivity index (χ2n) is 8.44. The summed E-state index contributed by atoms with van der Waals surface area (Å²) in [5.74, 6) is 1.12. The molecule has 1 saturated carbocycles. The van der Waals surface area contributed by atoms with Crippen LogP contribution in [-0.2, 0) is 10.0 Å². The Hall–Kier alpha value is -3.46. The van der Waals surface area contributed by atoms with Crippen LogP contribution in [0.25, 0.3) is 16.8 Å². The molecule has 0 spiro atoms. The molecule has 9 heteroatoms. The van der Waals surface area contributed by atoms with Crippen LogP contribution in [0.3, 0.4) is 0 Å². The molecule has 1 unspecified atom stereocenters. The first-order valence-electron chi connectivity index (χ1n) is 10.7. The Balaban J connectivity index is 1.44. The fourth-order valence-electron chi connectivity index (χ4n) is 4.79. The van der Waals surface area contributed by atoms with Crippen molar-refractivity contribution in [3.05, 3.63) is 78.6 Å². The number of fused-ring (bicyclic) bond motifs is 3. The molecule has 5 aromatic rings. The fourth-order valence-corrected chi connectivity index (χ4v) is 6.09. The molecular weight excluding hydrogens is 424 g/mol. The summed E-state index contributed by atoms with van der Waals surface area (Å²) in [5.41, 5.74) is 2.70. The molecule has 0 bridgehead atoms. The van der Waals surface area contributed by atoms with E-state index in [1.807, 2.05) is 23.5 Å². The Bertz CT molecular complexity index is 1530. The van der Waals surface area contributed by atoms with Crippen molar-refractivity contribution in [3.8, 4) is 0 Å². The molecule has 162 valence electrons. The number of nitrogens with zero attached hydrogens (tertiary/aromatic N) is 6. The normalized spacial score (nSPS) is 19.3. The minimum absolute atomic E-state index is 0.233. The highest BCUT2D eigenvalue weighted by Crippen LogP contribution is 2.40. The number of rotatable bonds is 4. The quantitative estimate of drug-likeness (QED) is 0.417. The highest BCUT2D eigenvalue weighted by molar-refractivity contribution is 7.90. The topological polar surface area (TPSA) is 87.1 Å². The predicted molar refractivity (Wildman–Crippen MR) is 120 cm³/mol. The van der Waals surface area contributed by atoms with Gasteiger partial charge >= 0.3 is 0 Å². The fraction of sp³-hybridized carbons (Fsp3) is 0.261. The summed E-state index contributed by atoms with van der Waals surface area (Å²) in [4.78, 5) is 4.66. The van der Waals surface area contributed by atoms with Gasteiger partial charge in [0, 0.05) is 30.6 Å². The zero-order valence-electron chi connectivity index (χ0n) is 17.5. The Morgan fingerprint density at radius 2 is 1.75 bits per heavy atom. The summed E-state index contributed by atoms with van der Waals surface area (Å²) in [6.07, 6.45) is 10.4. The third kappa shape index (κ3) is 2.88. The zero-order valence-corrected chi connectivity index (χ0v) is 18.4. The molecule has 1 fully saturated rings. The van der Waals surface area contributed by atoms with Gasteiger partial charge in [0.2, 0.25) is 0 Å². The zero-order chi connectivity index (χ0) is 21.9. The standard InChI is InChI=1S/C23H22N6O2S/c1-16-4-8-19(9-5-16)32(30,31)28-13-10-20-23(28)24-15-21-25-26-22(29(20)21)17-6-7-18(14-17)27-11-2-3-12-27/h2-5,8-13,15,17-18H,6-7,14H2,1H3/t17?,18-/m0/s1. The van der Waals surface area contributed by atoms with Gasteiger partial charge in [0.1, 0.15) is 5.82 Å². The van der Waals surface area contributed by atoms with Crippen molar-refractivity contribution < 1.29 is 8.42 Å². The van der Waals surface area contributed by atoms with E-state index in [-0.39, 0.29) is 10.8 Å². The van der Waals surface area contributed by atoms with E-state index >= 15 is 0 Å². The van der Waals surface area contributed by atoms with Crippen molar-refractivity contribution in [2.45, 2.75) is 43.0 Å². The molecule has 0 N–H and O–H groups in total. The van der Waals surface area contributed by atoms with E-state index < -0.39 is 10.0 Å². The minimum Gasteiger partial charge on any atom is -0.351 e. The molecule has 8 nitrogen and oxygen atoms in total. The van der Waals surface area contributed by atoms with E-state index in [9.17, 15) is 8.42 Å². The predicted octanol–water partition coefficient (Wildman–Crippen LogP) is 3.93. The summed E-state index contributed by atoms with van der Waals surface area (Å²) in [6, 6.07) is 13.2. The smallest absolute Gasteiger partial charge is 0.269 e. The molecule has 0 amide bonds. The van der Waals surface area contributed by atoms with Crippen molar-refractivity contribution in [3.63, 3.8) is 0 Å². The van der Waals surface area contributed by atoms with Crippen LogP contribution >= 0.6 is 0 Å². The summed E-state index contributed by atoms with van der Waals surface area (Å²) >= 11 is 0. The first kappa shape index (κ1) is 19.2.